The van der Waals surface area contributed by atoms with Gasteiger partial charge in [-0.05, 0) is 40.5 Å². The van der Waals surface area contributed by atoms with E-state index < -0.39 is 0 Å². The lowest BCUT2D eigenvalue weighted by Crippen LogP contribution is -2.17. The number of aryl methyl sites for hydroxylation is 1. The normalized spacial score (nSPS) is 12.4. The molecule has 4 nitrogen and oxygen atoms in total. The van der Waals surface area contributed by atoms with Gasteiger partial charge in [0.25, 0.3) is 0 Å². The third kappa shape index (κ3) is 3.58. The van der Waals surface area contributed by atoms with Crippen LogP contribution in [0.2, 0.25) is 0 Å². The van der Waals surface area contributed by atoms with Crippen LogP contribution in [0.25, 0.3) is 0 Å². The second-order valence-electron chi connectivity index (χ2n) is 4.52. The van der Waals surface area contributed by atoms with Gasteiger partial charge in [-0.1, -0.05) is 6.07 Å². The van der Waals surface area contributed by atoms with Gasteiger partial charge in [-0.15, -0.1) is 0 Å². The molecule has 0 fully saturated rings. The standard InChI is InChI=1S/C14H18BrN3O/c1-10(16-7-11-8-17-18(2)9-11)12-4-5-14(19-3)13(15)6-12/h4-6,8-10,16H,7H2,1-3H3. The lowest BCUT2D eigenvalue weighted by atomic mass is 10.1. The van der Waals surface area contributed by atoms with E-state index in [4.69, 9.17) is 4.74 Å². The summed E-state index contributed by atoms with van der Waals surface area (Å²) in [4.78, 5) is 0. The highest BCUT2D eigenvalue weighted by Gasteiger charge is 2.08. The molecule has 0 bridgehead atoms. The van der Waals surface area contributed by atoms with Crippen LogP contribution in [0, 0.1) is 0 Å². The summed E-state index contributed by atoms with van der Waals surface area (Å²) in [5.41, 5.74) is 2.40. The summed E-state index contributed by atoms with van der Waals surface area (Å²) in [6.45, 7) is 2.95. The van der Waals surface area contributed by atoms with Crippen LogP contribution in [0.5, 0.6) is 5.75 Å². The Hall–Kier alpha value is -1.33. The van der Waals surface area contributed by atoms with E-state index in [-0.39, 0.29) is 6.04 Å². The first-order chi connectivity index (χ1) is 9.10. The van der Waals surface area contributed by atoms with Gasteiger partial charge in [0.05, 0.1) is 17.8 Å². The Bertz CT molecular complexity index is 553. The maximum Gasteiger partial charge on any atom is 0.133 e. The molecule has 5 heteroatoms. The van der Waals surface area contributed by atoms with Crippen LogP contribution in [-0.2, 0) is 13.6 Å². The highest BCUT2D eigenvalue weighted by atomic mass is 79.9. The number of aromatic nitrogens is 2. The molecular weight excluding hydrogens is 306 g/mol. The second-order valence-corrected chi connectivity index (χ2v) is 5.37. The summed E-state index contributed by atoms with van der Waals surface area (Å²) >= 11 is 3.51. The lowest BCUT2D eigenvalue weighted by molar-refractivity contribution is 0.411. The molecule has 2 aromatic rings. The van der Waals surface area contributed by atoms with Gasteiger partial charge in [-0.3, -0.25) is 4.68 Å². The predicted molar refractivity (Wildman–Crippen MR) is 79.2 cm³/mol. The molecule has 19 heavy (non-hydrogen) atoms. The number of ether oxygens (including phenoxy) is 1. The van der Waals surface area contributed by atoms with E-state index in [1.165, 1.54) is 11.1 Å². The van der Waals surface area contributed by atoms with E-state index in [9.17, 15) is 0 Å². The number of benzene rings is 1. The van der Waals surface area contributed by atoms with Crippen molar-refractivity contribution in [2.75, 3.05) is 7.11 Å². The van der Waals surface area contributed by atoms with Gasteiger partial charge in [0.2, 0.25) is 0 Å². The Labute approximate surface area is 121 Å². The van der Waals surface area contributed by atoms with Crippen molar-refractivity contribution >= 4 is 15.9 Å². The molecule has 0 aliphatic rings. The molecule has 1 heterocycles. The molecule has 0 saturated carbocycles. The lowest BCUT2D eigenvalue weighted by Gasteiger charge is -2.15. The van der Waals surface area contributed by atoms with Crippen molar-refractivity contribution in [3.05, 3.63) is 46.2 Å². The average molecular weight is 324 g/mol. The van der Waals surface area contributed by atoms with E-state index in [1.807, 2.05) is 30.2 Å². The number of methoxy groups -OCH3 is 1. The molecule has 0 radical (unpaired) electrons. The van der Waals surface area contributed by atoms with Gasteiger partial charge in [-0.25, -0.2) is 0 Å². The van der Waals surface area contributed by atoms with Crippen LogP contribution in [-0.4, -0.2) is 16.9 Å². The third-order valence-corrected chi connectivity index (χ3v) is 3.67. The fraction of sp³-hybridized carbons (Fsp3) is 0.357. The number of hydrogen-bond donors (Lipinski definition) is 1. The summed E-state index contributed by atoms with van der Waals surface area (Å²) in [5.74, 6) is 0.850. The quantitative estimate of drug-likeness (QED) is 0.919. The minimum Gasteiger partial charge on any atom is -0.496 e. The molecule has 1 aromatic heterocycles. The predicted octanol–water partition coefficient (Wildman–Crippen LogP) is 3.04. The van der Waals surface area contributed by atoms with E-state index in [1.54, 1.807) is 7.11 Å². The van der Waals surface area contributed by atoms with Crippen molar-refractivity contribution in [1.29, 1.82) is 0 Å². The molecule has 1 N–H and O–H groups in total. The maximum absolute atomic E-state index is 5.23. The minimum absolute atomic E-state index is 0.266. The van der Waals surface area contributed by atoms with Crippen molar-refractivity contribution in [3.8, 4) is 5.75 Å². The van der Waals surface area contributed by atoms with Crippen LogP contribution in [0.1, 0.15) is 24.1 Å². The number of halogens is 1. The average Bonchev–Trinajstić information content (AvgIpc) is 2.81. The van der Waals surface area contributed by atoms with Crippen LogP contribution < -0.4 is 10.1 Å². The van der Waals surface area contributed by atoms with Crippen molar-refractivity contribution < 1.29 is 4.74 Å². The summed E-state index contributed by atoms with van der Waals surface area (Å²) in [6, 6.07) is 6.40. The Balaban J connectivity index is 1.99. The van der Waals surface area contributed by atoms with Gasteiger partial charge >= 0.3 is 0 Å². The first-order valence-electron chi connectivity index (χ1n) is 6.14. The molecule has 0 saturated heterocycles. The van der Waals surface area contributed by atoms with Crippen LogP contribution in [0.3, 0.4) is 0 Å². The largest absolute Gasteiger partial charge is 0.496 e. The van der Waals surface area contributed by atoms with Crippen LogP contribution >= 0.6 is 15.9 Å². The SMILES string of the molecule is COc1ccc(C(C)NCc2cnn(C)c2)cc1Br. The van der Waals surface area contributed by atoms with E-state index in [0.717, 1.165) is 16.8 Å². The fourth-order valence-corrected chi connectivity index (χ4v) is 2.46. The Morgan fingerprint density at radius 2 is 2.26 bits per heavy atom. The highest BCUT2D eigenvalue weighted by molar-refractivity contribution is 9.10. The van der Waals surface area contributed by atoms with Crippen LogP contribution in [0.15, 0.2) is 35.1 Å². The van der Waals surface area contributed by atoms with Crippen molar-refractivity contribution in [3.63, 3.8) is 0 Å². The zero-order valence-electron chi connectivity index (χ0n) is 11.4. The summed E-state index contributed by atoms with van der Waals surface area (Å²) in [5, 5.41) is 7.63. The third-order valence-electron chi connectivity index (χ3n) is 3.05. The number of rotatable bonds is 5. The van der Waals surface area contributed by atoms with E-state index in [0.29, 0.717) is 0 Å². The summed E-state index contributed by atoms with van der Waals surface area (Å²) in [6.07, 6.45) is 3.90. The van der Waals surface area contributed by atoms with E-state index in [2.05, 4.69) is 45.4 Å². The topological polar surface area (TPSA) is 39.1 Å². The Kier molecular flexibility index (Phi) is 4.61. The van der Waals surface area contributed by atoms with Gasteiger partial charge in [0, 0.05) is 31.4 Å². The van der Waals surface area contributed by atoms with Gasteiger partial charge in [-0.2, -0.15) is 5.10 Å². The summed E-state index contributed by atoms with van der Waals surface area (Å²) in [7, 11) is 3.59. The Morgan fingerprint density at radius 1 is 1.47 bits per heavy atom. The van der Waals surface area contributed by atoms with Gasteiger partial charge in [0.15, 0.2) is 0 Å². The van der Waals surface area contributed by atoms with E-state index >= 15 is 0 Å². The first kappa shape index (κ1) is 14.1. The molecule has 1 unspecified atom stereocenters. The molecule has 0 aliphatic heterocycles. The molecule has 1 atom stereocenters. The fourth-order valence-electron chi connectivity index (χ4n) is 1.90. The summed E-state index contributed by atoms with van der Waals surface area (Å²) < 4.78 is 8.02. The van der Waals surface area contributed by atoms with Gasteiger partial charge < -0.3 is 10.1 Å². The van der Waals surface area contributed by atoms with Gasteiger partial charge in [0.1, 0.15) is 5.75 Å². The molecule has 0 aliphatic carbocycles. The van der Waals surface area contributed by atoms with Crippen molar-refractivity contribution in [2.45, 2.75) is 19.5 Å². The number of nitrogens with one attached hydrogen (secondary N) is 1. The molecule has 1 aromatic carbocycles. The molecule has 2 rings (SSSR count). The monoisotopic (exact) mass is 323 g/mol. The zero-order valence-corrected chi connectivity index (χ0v) is 12.9. The van der Waals surface area contributed by atoms with Crippen molar-refractivity contribution in [2.24, 2.45) is 7.05 Å². The smallest absolute Gasteiger partial charge is 0.133 e. The maximum atomic E-state index is 5.23. The molecule has 102 valence electrons. The molecular formula is C14H18BrN3O. The highest BCUT2D eigenvalue weighted by Crippen LogP contribution is 2.28. The molecule has 0 amide bonds. The zero-order chi connectivity index (χ0) is 13.8. The van der Waals surface area contributed by atoms with Crippen molar-refractivity contribution in [1.82, 2.24) is 15.1 Å². The number of hydrogen-bond acceptors (Lipinski definition) is 3. The number of nitrogens with zero attached hydrogens (tertiary/aromatic N) is 2. The minimum atomic E-state index is 0.266. The Morgan fingerprint density at radius 3 is 2.84 bits per heavy atom. The molecule has 0 spiro atoms. The van der Waals surface area contributed by atoms with Crippen LogP contribution in [0.4, 0.5) is 0 Å². The first-order valence-corrected chi connectivity index (χ1v) is 6.94. The second kappa shape index (κ2) is 6.21.